The molecule has 0 unspecified atom stereocenters. The summed E-state index contributed by atoms with van der Waals surface area (Å²) in [5, 5.41) is 9.54. The molecule has 1 N–H and O–H groups in total. The van der Waals surface area contributed by atoms with Gasteiger partial charge in [0, 0.05) is 0 Å². The summed E-state index contributed by atoms with van der Waals surface area (Å²) in [6, 6.07) is 0. The molecule has 0 radical (unpaired) electrons. The van der Waals surface area contributed by atoms with Crippen LogP contribution in [0.3, 0.4) is 0 Å². The Labute approximate surface area is 144 Å². The topological polar surface area (TPSA) is 63.6 Å². The lowest BCUT2D eigenvalue weighted by molar-refractivity contribution is 0.241. The van der Waals surface area contributed by atoms with Crippen LogP contribution in [-0.4, -0.2) is 44.5 Å². The Hall–Kier alpha value is 0.0869. The third-order valence-electron chi connectivity index (χ3n) is 5.77. The van der Waals surface area contributed by atoms with Crippen LogP contribution in [0.1, 0.15) is 68.2 Å². The second-order valence-electron chi connectivity index (χ2n) is 8.71. The smallest absolute Gasteiger partial charge is 0.200 e. The van der Waals surface area contributed by atoms with Crippen molar-refractivity contribution in [3.05, 3.63) is 0 Å². The fraction of sp³-hybridized carbons (Fsp3) is 1.00. The molecule has 0 heterocycles. The highest BCUT2D eigenvalue weighted by molar-refractivity contribution is 7.94. The Morgan fingerprint density at radius 3 is 1.70 bits per heavy atom. The van der Waals surface area contributed by atoms with E-state index in [1.807, 2.05) is 0 Å². The summed E-state index contributed by atoms with van der Waals surface area (Å²) in [6.45, 7) is 16.6. The van der Waals surface area contributed by atoms with E-state index in [1.165, 1.54) is 0 Å². The molecule has 0 aromatic heterocycles. The molecule has 1 saturated carbocycles. The first kappa shape index (κ1) is 21.1. The average Bonchev–Trinajstić information content (AvgIpc) is 3.18. The molecule has 0 bridgehead atoms. The van der Waals surface area contributed by atoms with E-state index in [2.05, 4.69) is 41.5 Å². The van der Waals surface area contributed by atoms with Crippen LogP contribution in [0.15, 0.2) is 0 Å². The molecular weight excluding hydrogens is 328 g/mol. The van der Waals surface area contributed by atoms with Crippen molar-refractivity contribution in [2.45, 2.75) is 94.3 Å². The van der Waals surface area contributed by atoms with Gasteiger partial charge in [-0.2, -0.15) is 0 Å². The van der Waals surface area contributed by atoms with Gasteiger partial charge in [0.1, 0.15) is 0 Å². The average molecular weight is 365 g/mol. The van der Waals surface area contributed by atoms with Crippen LogP contribution in [0.2, 0.25) is 16.6 Å². The van der Waals surface area contributed by atoms with Crippen molar-refractivity contribution in [2.24, 2.45) is 0 Å². The zero-order valence-electron chi connectivity index (χ0n) is 16.1. The van der Waals surface area contributed by atoms with Gasteiger partial charge in [0.15, 0.2) is 18.2 Å². The zero-order valence-corrected chi connectivity index (χ0v) is 18.0. The third-order valence-corrected chi connectivity index (χ3v) is 15.1. The summed E-state index contributed by atoms with van der Waals surface area (Å²) < 4.78 is 30.6. The molecule has 1 rings (SSSR count). The Balaban J connectivity index is 3.06. The van der Waals surface area contributed by atoms with Crippen molar-refractivity contribution in [2.75, 3.05) is 13.2 Å². The molecule has 0 amide bonds. The quantitative estimate of drug-likeness (QED) is 0.630. The lowest BCUT2D eigenvalue weighted by Crippen LogP contribution is -2.53. The summed E-state index contributed by atoms with van der Waals surface area (Å²) in [5.74, 6) is 0. The van der Waals surface area contributed by atoms with E-state index < -0.39 is 27.6 Å². The SMILES string of the molecule is CC(C)[Si](OCC(C)(C)S(=O)(=O)C1(CO)CC1)(C(C)C)C(C)C. The van der Waals surface area contributed by atoms with Crippen LogP contribution in [0.4, 0.5) is 0 Å². The van der Waals surface area contributed by atoms with Crippen LogP contribution in [0.5, 0.6) is 0 Å². The van der Waals surface area contributed by atoms with Crippen molar-refractivity contribution >= 4 is 18.2 Å². The molecule has 1 aliphatic carbocycles. The van der Waals surface area contributed by atoms with E-state index in [9.17, 15) is 13.5 Å². The number of aliphatic hydroxyl groups is 1. The fourth-order valence-corrected chi connectivity index (χ4v) is 12.0. The number of aliphatic hydroxyl groups excluding tert-OH is 1. The number of rotatable bonds is 9. The zero-order chi connectivity index (χ0) is 18.3. The molecule has 4 nitrogen and oxygen atoms in total. The Kier molecular flexibility index (Phi) is 6.22. The van der Waals surface area contributed by atoms with Crippen molar-refractivity contribution in [1.82, 2.24) is 0 Å². The van der Waals surface area contributed by atoms with Gasteiger partial charge in [-0.1, -0.05) is 41.5 Å². The van der Waals surface area contributed by atoms with Gasteiger partial charge in [-0.05, 0) is 43.3 Å². The standard InChI is InChI=1S/C17H36O4SSi/c1-13(2)23(14(3)4,15(5)6)21-12-16(7,8)22(19,20)17(11-18)9-10-17/h13-15,18H,9-12H2,1-8H3. The first-order chi connectivity index (χ1) is 10.3. The highest BCUT2D eigenvalue weighted by atomic mass is 32.2. The Morgan fingerprint density at radius 2 is 1.43 bits per heavy atom. The van der Waals surface area contributed by atoms with E-state index in [0.29, 0.717) is 29.5 Å². The van der Waals surface area contributed by atoms with E-state index in [1.54, 1.807) is 13.8 Å². The largest absolute Gasteiger partial charge is 0.414 e. The molecule has 0 aliphatic heterocycles. The molecule has 138 valence electrons. The van der Waals surface area contributed by atoms with E-state index in [-0.39, 0.29) is 13.2 Å². The van der Waals surface area contributed by atoms with E-state index in [4.69, 9.17) is 4.43 Å². The molecule has 6 heteroatoms. The van der Waals surface area contributed by atoms with Gasteiger partial charge in [-0.15, -0.1) is 0 Å². The summed E-state index contributed by atoms with van der Waals surface area (Å²) >= 11 is 0. The van der Waals surface area contributed by atoms with Gasteiger partial charge < -0.3 is 9.53 Å². The maximum absolute atomic E-state index is 13.0. The monoisotopic (exact) mass is 364 g/mol. The summed E-state index contributed by atoms with van der Waals surface area (Å²) in [6.07, 6.45) is 1.13. The fourth-order valence-electron chi connectivity index (χ4n) is 4.11. The molecule has 1 aliphatic rings. The normalized spacial score (nSPS) is 19.0. The molecular formula is C17H36O4SSi. The molecule has 23 heavy (non-hydrogen) atoms. The minimum absolute atomic E-state index is 0.220. The second kappa shape index (κ2) is 6.77. The minimum Gasteiger partial charge on any atom is -0.414 e. The van der Waals surface area contributed by atoms with Crippen LogP contribution in [0.25, 0.3) is 0 Å². The van der Waals surface area contributed by atoms with Crippen molar-refractivity contribution < 1.29 is 18.0 Å². The molecule has 1 fully saturated rings. The predicted molar refractivity (Wildman–Crippen MR) is 99.0 cm³/mol. The first-order valence-electron chi connectivity index (χ1n) is 8.79. The number of sulfone groups is 1. The predicted octanol–water partition coefficient (Wildman–Crippen LogP) is 3.90. The molecule has 0 atom stereocenters. The van der Waals surface area contributed by atoms with Crippen LogP contribution in [-0.2, 0) is 14.3 Å². The van der Waals surface area contributed by atoms with Crippen LogP contribution >= 0.6 is 0 Å². The van der Waals surface area contributed by atoms with Gasteiger partial charge in [-0.25, -0.2) is 8.42 Å². The van der Waals surface area contributed by atoms with Gasteiger partial charge in [0.2, 0.25) is 0 Å². The van der Waals surface area contributed by atoms with Crippen molar-refractivity contribution in [3.63, 3.8) is 0 Å². The molecule has 0 spiro atoms. The molecule has 0 aromatic rings. The Morgan fingerprint density at radius 1 is 1.04 bits per heavy atom. The maximum atomic E-state index is 13.0. The lowest BCUT2D eigenvalue weighted by atomic mass is 10.2. The van der Waals surface area contributed by atoms with Gasteiger partial charge in [0.25, 0.3) is 0 Å². The van der Waals surface area contributed by atoms with Crippen LogP contribution in [0, 0.1) is 0 Å². The van der Waals surface area contributed by atoms with Gasteiger partial charge in [-0.3, -0.25) is 0 Å². The first-order valence-corrected chi connectivity index (χ1v) is 12.4. The molecule has 0 saturated heterocycles. The molecule has 0 aromatic carbocycles. The van der Waals surface area contributed by atoms with Crippen molar-refractivity contribution in [3.8, 4) is 0 Å². The maximum Gasteiger partial charge on any atom is 0.200 e. The van der Waals surface area contributed by atoms with E-state index in [0.717, 1.165) is 0 Å². The minimum atomic E-state index is -3.43. The van der Waals surface area contributed by atoms with Gasteiger partial charge >= 0.3 is 0 Å². The van der Waals surface area contributed by atoms with Gasteiger partial charge in [0.05, 0.1) is 22.7 Å². The summed E-state index contributed by atoms with van der Waals surface area (Å²) in [4.78, 5) is 0. The number of hydrogen-bond acceptors (Lipinski definition) is 4. The highest BCUT2D eigenvalue weighted by Crippen LogP contribution is 2.49. The van der Waals surface area contributed by atoms with Crippen LogP contribution < -0.4 is 0 Å². The Bertz CT molecular complexity index is 483. The van der Waals surface area contributed by atoms with Crippen molar-refractivity contribution in [1.29, 1.82) is 0 Å². The third kappa shape index (κ3) is 3.41. The summed E-state index contributed by atoms with van der Waals surface area (Å²) in [7, 11) is -5.52. The second-order valence-corrected chi connectivity index (χ2v) is 17.1. The lowest BCUT2D eigenvalue weighted by Gasteiger charge is -2.44. The number of hydrogen-bond donors (Lipinski definition) is 1. The van der Waals surface area contributed by atoms with E-state index >= 15 is 0 Å². The highest BCUT2D eigenvalue weighted by Gasteiger charge is 2.60. The summed E-state index contributed by atoms with van der Waals surface area (Å²) in [5.41, 5.74) is 1.27.